The fraction of sp³-hybridized carbons (Fsp3) is 0.619. The average Bonchev–Trinajstić information content (AvgIpc) is 3.29. The largest absolute Gasteiger partial charge is 0.466 e. The molecule has 2 N–H and O–H groups in total. The molecule has 8 heteroatoms. The molecular formula is C21H30N4O3S. The van der Waals surface area contributed by atoms with Gasteiger partial charge in [-0.05, 0) is 50.2 Å². The number of urea groups is 1. The summed E-state index contributed by atoms with van der Waals surface area (Å²) in [6.45, 7) is 4.98. The van der Waals surface area contributed by atoms with Gasteiger partial charge in [-0.2, -0.15) is 0 Å². The van der Waals surface area contributed by atoms with Crippen molar-refractivity contribution in [1.29, 1.82) is 0 Å². The number of hydrogen-bond acceptors (Lipinski definition) is 6. The number of methoxy groups -OCH3 is 1. The number of nitrogens with one attached hydrogen (secondary N) is 2. The average molecular weight is 419 g/mol. The van der Waals surface area contributed by atoms with E-state index in [0.29, 0.717) is 23.9 Å². The number of carbonyl (C=O) groups is 2. The predicted molar refractivity (Wildman–Crippen MR) is 113 cm³/mol. The summed E-state index contributed by atoms with van der Waals surface area (Å²) < 4.78 is 5.06. The quantitative estimate of drug-likeness (QED) is 0.719. The van der Waals surface area contributed by atoms with Gasteiger partial charge in [-0.1, -0.05) is 12.5 Å². The zero-order valence-electron chi connectivity index (χ0n) is 17.0. The number of rotatable bonds is 5. The van der Waals surface area contributed by atoms with E-state index >= 15 is 0 Å². The molecular weight excluding hydrogens is 388 g/mol. The molecule has 0 bridgehead atoms. The molecule has 29 heavy (non-hydrogen) atoms. The molecule has 1 aromatic heterocycles. The third kappa shape index (κ3) is 4.65. The molecule has 158 valence electrons. The van der Waals surface area contributed by atoms with Gasteiger partial charge in [0.25, 0.3) is 0 Å². The number of hydrogen-bond donors (Lipinski definition) is 2. The van der Waals surface area contributed by atoms with Crippen LogP contribution in [-0.2, 0) is 9.53 Å². The minimum Gasteiger partial charge on any atom is -0.466 e. The van der Waals surface area contributed by atoms with Crippen molar-refractivity contribution in [2.45, 2.75) is 44.2 Å². The second kappa shape index (κ2) is 9.28. The van der Waals surface area contributed by atoms with E-state index in [2.05, 4.69) is 20.4 Å². The Balaban J connectivity index is 1.47. The van der Waals surface area contributed by atoms with Gasteiger partial charge in [-0.3, -0.25) is 4.90 Å². The summed E-state index contributed by atoms with van der Waals surface area (Å²) in [5, 5.41) is 7.70. The first-order valence-corrected chi connectivity index (χ1v) is 11.4. The van der Waals surface area contributed by atoms with Gasteiger partial charge in [0.15, 0.2) is 0 Å². The number of carbonyl (C=O) groups excluding carboxylic acids is 2. The lowest BCUT2D eigenvalue weighted by Crippen LogP contribution is -2.50. The van der Waals surface area contributed by atoms with Crippen LogP contribution in [0.4, 0.5) is 4.79 Å². The summed E-state index contributed by atoms with van der Waals surface area (Å²) in [7, 11) is 1.39. The number of ether oxygens (including phenoxy) is 1. The summed E-state index contributed by atoms with van der Waals surface area (Å²) in [6, 6.07) is 3.80. The molecule has 0 spiro atoms. The first-order chi connectivity index (χ1) is 14.2. The molecule has 0 saturated carbocycles. The van der Waals surface area contributed by atoms with E-state index in [1.807, 2.05) is 17.5 Å². The number of piperidine rings is 2. The highest BCUT2D eigenvalue weighted by molar-refractivity contribution is 7.10. The second-order valence-electron chi connectivity index (χ2n) is 8.03. The molecule has 4 rings (SSSR count). The van der Waals surface area contributed by atoms with E-state index in [-0.39, 0.29) is 6.03 Å². The molecule has 7 nitrogen and oxygen atoms in total. The third-order valence-corrected chi connectivity index (χ3v) is 7.17. The van der Waals surface area contributed by atoms with Crippen molar-refractivity contribution in [3.63, 3.8) is 0 Å². The van der Waals surface area contributed by atoms with Crippen LogP contribution in [0.5, 0.6) is 0 Å². The topological polar surface area (TPSA) is 73.9 Å². The van der Waals surface area contributed by atoms with Crippen molar-refractivity contribution < 1.29 is 14.3 Å². The van der Waals surface area contributed by atoms with Crippen molar-refractivity contribution in [1.82, 2.24) is 20.4 Å². The number of thiophene rings is 1. The molecule has 0 radical (unpaired) electrons. The van der Waals surface area contributed by atoms with Crippen LogP contribution in [0.25, 0.3) is 0 Å². The highest BCUT2D eigenvalue weighted by atomic mass is 32.1. The van der Waals surface area contributed by atoms with E-state index in [4.69, 9.17) is 4.74 Å². The molecule has 2 saturated heterocycles. The van der Waals surface area contributed by atoms with E-state index in [9.17, 15) is 9.59 Å². The van der Waals surface area contributed by atoms with Gasteiger partial charge < -0.3 is 20.3 Å². The van der Waals surface area contributed by atoms with Gasteiger partial charge in [0, 0.05) is 36.3 Å². The van der Waals surface area contributed by atoms with Crippen LogP contribution in [0.1, 0.15) is 43.0 Å². The number of likely N-dealkylation sites (tertiary alicyclic amines) is 2. The molecule has 3 aliphatic heterocycles. The maximum absolute atomic E-state index is 12.6. The summed E-state index contributed by atoms with van der Waals surface area (Å²) in [4.78, 5) is 30.8. The van der Waals surface area contributed by atoms with Gasteiger partial charge in [0.05, 0.1) is 18.7 Å². The van der Waals surface area contributed by atoms with Crippen LogP contribution in [-0.4, -0.2) is 67.7 Å². The third-order valence-electron chi connectivity index (χ3n) is 6.23. The van der Waals surface area contributed by atoms with Gasteiger partial charge in [-0.25, -0.2) is 9.59 Å². The van der Waals surface area contributed by atoms with Gasteiger partial charge in [0.2, 0.25) is 0 Å². The molecule has 0 aliphatic carbocycles. The van der Waals surface area contributed by atoms with Gasteiger partial charge in [-0.15, -0.1) is 11.3 Å². The molecule has 1 atom stereocenters. The lowest BCUT2D eigenvalue weighted by Gasteiger charge is -2.41. The Morgan fingerprint density at radius 2 is 1.97 bits per heavy atom. The number of amides is 2. The minimum absolute atomic E-state index is 0.269. The molecule has 0 unspecified atom stereocenters. The Bertz CT molecular complexity index is 750. The molecule has 0 aromatic carbocycles. The fourth-order valence-corrected chi connectivity index (χ4v) is 5.50. The number of esters is 1. The van der Waals surface area contributed by atoms with Crippen molar-refractivity contribution in [2.75, 3.05) is 39.8 Å². The Hall–Kier alpha value is -1.90. The summed E-state index contributed by atoms with van der Waals surface area (Å²) in [5.74, 6) is -0.394. The highest BCUT2D eigenvalue weighted by Crippen LogP contribution is 2.31. The summed E-state index contributed by atoms with van der Waals surface area (Å²) in [5.41, 5.74) is 1.17. The van der Waals surface area contributed by atoms with Crippen LogP contribution >= 0.6 is 11.3 Å². The van der Waals surface area contributed by atoms with E-state index in [1.54, 1.807) is 0 Å². The summed E-state index contributed by atoms with van der Waals surface area (Å²) in [6.07, 6.45) is 6.28. The smallest absolute Gasteiger partial charge is 0.338 e. The van der Waals surface area contributed by atoms with Gasteiger partial charge >= 0.3 is 12.0 Å². The van der Waals surface area contributed by atoms with Crippen LogP contribution in [0.3, 0.4) is 0 Å². The molecule has 4 heterocycles. The minimum atomic E-state index is -0.461. The SMILES string of the molecule is COC(=O)C1=C(CN2CCC(N3CCCCC3)CC2)NC(=O)N[C@H]1c1cccs1. The standard InChI is InChI=1S/C21H30N4O3S/c1-28-20(26)18-16(22-21(27)23-19(18)17-6-5-13-29-17)14-24-11-7-15(8-12-24)25-9-3-2-4-10-25/h5-6,13,15,19H,2-4,7-12,14H2,1H3,(H2,22,23,27)/t19-/m0/s1. The monoisotopic (exact) mass is 418 g/mol. The maximum Gasteiger partial charge on any atom is 0.338 e. The van der Waals surface area contributed by atoms with Crippen LogP contribution in [0, 0.1) is 0 Å². The fourth-order valence-electron chi connectivity index (χ4n) is 4.71. The predicted octanol–water partition coefficient (Wildman–Crippen LogP) is 2.48. The molecule has 1 aromatic rings. The van der Waals surface area contributed by atoms with Gasteiger partial charge in [0.1, 0.15) is 0 Å². The van der Waals surface area contributed by atoms with Crippen molar-refractivity contribution >= 4 is 23.3 Å². The Morgan fingerprint density at radius 1 is 1.21 bits per heavy atom. The van der Waals surface area contributed by atoms with Crippen molar-refractivity contribution in [3.05, 3.63) is 33.7 Å². The molecule has 3 aliphatic rings. The van der Waals surface area contributed by atoms with E-state index in [1.165, 1.54) is 50.8 Å². The Labute approximate surface area is 176 Å². The van der Waals surface area contributed by atoms with E-state index < -0.39 is 12.0 Å². The zero-order chi connectivity index (χ0) is 20.2. The molecule has 2 amide bonds. The lowest BCUT2D eigenvalue weighted by atomic mass is 9.98. The molecule has 2 fully saturated rings. The second-order valence-corrected chi connectivity index (χ2v) is 9.01. The highest BCUT2D eigenvalue weighted by Gasteiger charge is 2.35. The van der Waals surface area contributed by atoms with Crippen molar-refractivity contribution in [2.24, 2.45) is 0 Å². The van der Waals surface area contributed by atoms with Crippen LogP contribution < -0.4 is 10.6 Å². The first-order valence-electron chi connectivity index (χ1n) is 10.5. The zero-order valence-corrected chi connectivity index (χ0v) is 17.8. The van der Waals surface area contributed by atoms with Crippen LogP contribution in [0.15, 0.2) is 28.8 Å². The first kappa shape index (κ1) is 20.4. The Kier molecular flexibility index (Phi) is 6.52. The number of nitrogens with zero attached hydrogens (tertiary/aromatic N) is 2. The van der Waals surface area contributed by atoms with Crippen LogP contribution in [0.2, 0.25) is 0 Å². The summed E-state index contributed by atoms with van der Waals surface area (Å²) >= 11 is 1.52. The lowest BCUT2D eigenvalue weighted by molar-refractivity contribution is -0.136. The van der Waals surface area contributed by atoms with Crippen molar-refractivity contribution in [3.8, 4) is 0 Å². The Morgan fingerprint density at radius 3 is 2.62 bits per heavy atom. The normalized spacial score (nSPS) is 24.9. The van der Waals surface area contributed by atoms with E-state index in [0.717, 1.165) is 30.8 Å². The maximum atomic E-state index is 12.6.